The third kappa shape index (κ3) is 5.53. The van der Waals surface area contributed by atoms with Gasteiger partial charge in [-0.05, 0) is 62.2 Å². The van der Waals surface area contributed by atoms with Gasteiger partial charge in [0, 0.05) is 22.8 Å². The minimum atomic E-state index is -4.33. The second kappa shape index (κ2) is 9.36. The summed E-state index contributed by atoms with van der Waals surface area (Å²) in [6, 6.07) is 17.1. The predicted molar refractivity (Wildman–Crippen MR) is 119 cm³/mol. The van der Waals surface area contributed by atoms with E-state index < -0.39 is 12.7 Å². The number of aromatic nitrogens is 1. The van der Waals surface area contributed by atoms with Gasteiger partial charge in [-0.25, -0.2) is 0 Å². The molecule has 4 rings (SSSR count). The molecule has 0 saturated carbocycles. The second-order valence-electron chi connectivity index (χ2n) is 7.66. The molecule has 1 aliphatic heterocycles. The van der Waals surface area contributed by atoms with Gasteiger partial charge < -0.3 is 20.5 Å². The minimum Gasteiger partial charge on any atom is -0.382 e. The highest BCUT2D eigenvalue weighted by molar-refractivity contribution is 5.94. The largest absolute Gasteiger partial charge is 0.406 e. The van der Waals surface area contributed by atoms with Crippen molar-refractivity contribution >= 4 is 22.3 Å². The van der Waals surface area contributed by atoms with E-state index in [0.717, 1.165) is 42.7 Å². The highest BCUT2D eigenvalue weighted by atomic mass is 19.4. The Morgan fingerprint density at radius 3 is 2.55 bits per heavy atom. The van der Waals surface area contributed by atoms with Crippen LogP contribution in [0.25, 0.3) is 10.9 Å². The van der Waals surface area contributed by atoms with Gasteiger partial charge >= 0.3 is 6.18 Å². The first-order valence-electron chi connectivity index (χ1n) is 10.4. The molecule has 1 aliphatic rings. The van der Waals surface area contributed by atoms with E-state index in [9.17, 15) is 13.2 Å². The number of benzene rings is 2. The van der Waals surface area contributed by atoms with Gasteiger partial charge in [-0.3, -0.25) is 0 Å². The molecule has 0 radical (unpaired) electrons. The van der Waals surface area contributed by atoms with E-state index in [1.165, 1.54) is 4.57 Å². The Hall–Kier alpha value is -3.11. The average molecular weight is 426 g/mol. The molecule has 1 saturated heterocycles. The lowest BCUT2D eigenvalue weighted by atomic mass is 10.1. The van der Waals surface area contributed by atoms with Gasteiger partial charge in [0.05, 0.1) is 17.8 Å². The fraction of sp³-hybridized carbons (Fsp3) is 0.333. The molecule has 0 aliphatic carbocycles. The lowest BCUT2D eigenvalue weighted by Gasteiger charge is -2.25. The molecule has 4 nitrogen and oxygen atoms in total. The van der Waals surface area contributed by atoms with Gasteiger partial charge in [-0.15, -0.1) is 0 Å². The molecule has 162 valence electrons. The first kappa shape index (κ1) is 21.1. The number of anilines is 2. The number of nitrogens with one attached hydrogen (secondary N) is 3. The highest BCUT2D eigenvalue weighted by Crippen LogP contribution is 2.31. The monoisotopic (exact) mass is 426 g/mol. The van der Waals surface area contributed by atoms with Crippen LogP contribution >= 0.6 is 0 Å². The van der Waals surface area contributed by atoms with E-state index >= 15 is 0 Å². The van der Waals surface area contributed by atoms with Crippen LogP contribution in [0.1, 0.15) is 18.5 Å². The van der Waals surface area contributed by atoms with Crippen molar-refractivity contribution in [3.8, 4) is 11.8 Å². The van der Waals surface area contributed by atoms with E-state index in [1.54, 1.807) is 18.2 Å². The normalized spacial score (nSPS) is 14.8. The van der Waals surface area contributed by atoms with Crippen molar-refractivity contribution in [2.24, 2.45) is 0 Å². The summed E-state index contributed by atoms with van der Waals surface area (Å²) in [5.41, 5.74) is 2.68. The van der Waals surface area contributed by atoms with Crippen LogP contribution in [0.4, 0.5) is 24.5 Å². The fourth-order valence-corrected chi connectivity index (χ4v) is 3.89. The Morgan fingerprint density at radius 1 is 1.03 bits per heavy atom. The van der Waals surface area contributed by atoms with Crippen molar-refractivity contribution in [1.82, 2.24) is 9.88 Å². The van der Waals surface area contributed by atoms with Crippen molar-refractivity contribution in [3.05, 3.63) is 60.3 Å². The molecule has 2 heterocycles. The summed E-state index contributed by atoms with van der Waals surface area (Å²) in [7, 11) is 0. The number of hydrogen-bond acceptors (Lipinski definition) is 3. The van der Waals surface area contributed by atoms with E-state index in [-0.39, 0.29) is 0 Å². The average Bonchev–Trinajstić information content (AvgIpc) is 3.10. The van der Waals surface area contributed by atoms with Crippen LogP contribution in [0.5, 0.6) is 0 Å². The lowest BCUT2D eigenvalue weighted by Crippen LogP contribution is -2.35. The van der Waals surface area contributed by atoms with Gasteiger partial charge in [0.1, 0.15) is 6.54 Å². The predicted octanol–water partition coefficient (Wildman–Crippen LogP) is 4.83. The van der Waals surface area contributed by atoms with Crippen LogP contribution in [0.15, 0.2) is 54.6 Å². The van der Waals surface area contributed by atoms with Crippen molar-refractivity contribution in [2.75, 3.05) is 30.3 Å². The zero-order valence-corrected chi connectivity index (χ0v) is 17.1. The second-order valence-corrected chi connectivity index (χ2v) is 7.66. The molecule has 7 heteroatoms. The Balaban J connectivity index is 1.62. The number of piperidine rings is 1. The Labute approximate surface area is 179 Å². The van der Waals surface area contributed by atoms with Crippen LogP contribution in [0.2, 0.25) is 0 Å². The zero-order valence-electron chi connectivity index (χ0n) is 17.1. The van der Waals surface area contributed by atoms with Crippen molar-refractivity contribution < 1.29 is 13.2 Å². The zero-order chi connectivity index (χ0) is 21.7. The first-order chi connectivity index (χ1) is 15.0. The molecule has 0 atom stereocenters. The minimum absolute atomic E-state index is 0.308. The summed E-state index contributed by atoms with van der Waals surface area (Å²) in [5.74, 6) is 5.90. The first-order valence-corrected chi connectivity index (χ1v) is 10.4. The molecule has 1 aromatic heterocycles. The molecule has 0 bridgehead atoms. The van der Waals surface area contributed by atoms with Crippen LogP contribution in [-0.4, -0.2) is 36.4 Å². The van der Waals surface area contributed by atoms with Gasteiger partial charge in [0.25, 0.3) is 0 Å². The summed E-state index contributed by atoms with van der Waals surface area (Å²) in [6.45, 7) is 1.16. The molecule has 2 aromatic carbocycles. The Kier molecular flexibility index (Phi) is 6.38. The smallest absolute Gasteiger partial charge is 0.382 e. The summed E-state index contributed by atoms with van der Waals surface area (Å²) >= 11 is 0. The molecule has 3 N–H and O–H groups in total. The van der Waals surface area contributed by atoms with Gasteiger partial charge in [-0.1, -0.05) is 30.2 Å². The standard InChI is InChI=1S/C24H25F3N4/c25-24(26,27)17-31-20(8-5-13-29-18-6-2-1-3-7-18)16-21-22(9-4-10-23(21)31)30-19-11-14-28-15-12-19/h1-4,6-7,9-10,16,19,28-30H,11-15,17H2. The third-order valence-electron chi connectivity index (χ3n) is 5.35. The third-order valence-corrected chi connectivity index (χ3v) is 5.35. The summed E-state index contributed by atoms with van der Waals surface area (Å²) in [6.07, 6.45) is -2.36. The van der Waals surface area contributed by atoms with Crippen molar-refractivity contribution in [2.45, 2.75) is 31.6 Å². The van der Waals surface area contributed by atoms with Crippen LogP contribution < -0.4 is 16.0 Å². The Bertz CT molecular complexity index is 1070. The molecule has 31 heavy (non-hydrogen) atoms. The van der Waals surface area contributed by atoms with E-state index in [1.807, 2.05) is 36.4 Å². The van der Waals surface area contributed by atoms with Crippen molar-refractivity contribution in [1.29, 1.82) is 0 Å². The lowest BCUT2D eigenvalue weighted by molar-refractivity contribution is -0.140. The van der Waals surface area contributed by atoms with E-state index in [4.69, 9.17) is 0 Å². The maximum absolute atomic E-state index is 13.3. The van der Waals surface area contributed by atoms with Crippen LogP contribution in [0, 0.1) is 11.8 Å². The number of hydrogen-bond donors (Lipinski definition) is 3. The molecule has 3 aromatic rings. The number of rotatable bonds is 5. The van der Waals surface area contributed by atoms with Gasteiger partial charge in [0.2, 0.25) is 0 Å². The van der Waals surface area contributed by atoms with Gasteiger partial charge in [-0.2, -0.15) is 13.2 Å². The van der Waals surface area contributed by atoms with Crippen molar-refractivity contribution in [3.63, 3.8) is 0 Å². The molecule has 1 fully saturated rings. The maximum atomic E-state index is 13.3. The van der Waals surface area contributed by atoms with Gasteiger partial charge in [0.15, 0.2) is 0 Å². The van der Waals surface area contributed by atoms with Crippen LogP contribution in [-0.2, 0) is 6.54 Å². The number of halogens is 3. The highest BCUT2D eigenvalue weighted by Gasteiger charge is 2.30. The maximum Gasteiger partial charge on any atom is 0.406 e. The number of fused-ring (bicyclic) bond motifs is 1. The number of alkyl halides is 3. The van der Waals surface area contributed by atoms with E-state index in [2.05, 4.69) is 27.8 Å². The molecular weight excluding hydrogens is 401 g/mol. The number of nitrogens with zero attached hydrogens (tertiary/aromatic N) is 1. The topological polar surface area (TPSA) is 41.0 Å². The van der Waals surface area contributed by atoms with E-state index in [0.29, 0.717) is 23.8 Å². The molecule has 0 unspecified atom stereocenters. The Morgan fingerprint density at radius 2 is 1.81 bits per heavy atom. The molecular formula is C24H25F3N4. The molecule has 0 amide bonds. The quantitative estimate of drug-likeness (QED) is 0.512. The van der Waals surface area contributed by atoms with Crippen LogP contribution in [0.3, 0.4) is 0 Å². The molecule has 0 spiro atoms. The summed E-state index contributed by atoms with van der Waals surface area (Å²) in [4.78, 5) is 0. The SMILES string of the molecule is FC(F)(F)Cn1c(C#CCNc2ccccc2)cc2c(NC3CCNCC3)cccc21. The summed E-state index contributed by atoms with van der Waals surface area (Å²) < 4.78 is 41.2. The fourth-order valence-electron chi connectivity index (χ4n) is 3.89. The number of para-hydroxylation sites is 1. The summed E-state index contributed by atoms with van der Waals surface area (Å²) in [5, 5.41) is 10.8.